The molecule has 0 aromatic rings. The van der Waals surface area contributed by atoms with Gasteiger partial charge >= 0.3 is 0 Å². The van der Waals surface area contributed by atoms with Crippen molar-refractivity contribution < 1.29 is 0 Å². The summed E-state index contributed by atoms with van der Waals surface area (Å²) in [5.41, 5.74) is 2.82. The summed E-state index contributed by atoms with van der Waals surface area (Å²) >= 11 is 0. The average Bonchev–Trinajstić information content (AvgIpc) is 2.05. The van der Waals surface area contributed by atoms with Gasteiger partial charge in [0.25, 0.3) is 0 Å². The minimum Gasteiger partial charge on any atom is -0.317 e. The van der Waals surface area contributed by atoms with E-state index in [4.69, 9.17) is 5.84 Å². The van der Waals surface area contributed by atoms with E-state index < -0.39 is 0 Å². The van der Waals surface area contributed by atoms with Gasteiger partial charge in [-0.05, 0) is 32.7 Å². The second kappa shape index (κ2) is 3.91. The Bertz CT molecular complexity index is 74.9. The number of rotatable bonds is 2. The Labute approximate surface area is 62.3 Å². The Morgan fingerprint density at radius 1 is 1.10 bits per heavy atom. The van der Waals surface area contributed by atoms with E-state index in [1.54, 1.807) is 0 Å². The van der Waals surface area contributed by atoms with Crippen LogP contribution >= 0.6 is 0 Å². The zero-order chi connectivity index (χ0) is 7.40. The van der Waals surface area contributed by atoms with Crippen LogP contribution in [0.25, 0.3) is 0 Å². The SMILES string of the molecule is CNC1CCC(NN)CC1. The van der Waals surface area contributed by atoms with E-state index in [2.05, 4.69) is 10.7 Å². The van der Waals surface area contributed by atoms with Gasteiger partial charge in [-0.2, -0.15) is 0 Å². The zero-order valence-corrected chi connectivity index (χ0v) is 6.56. The fourth-order valence-corrected chi connectivity index (χ4v) is 1.55. The van der Waals surface area contributed by atoms with Crippen LogP contribution in [-0.4, -0.2) is 19.1 Å². The number of hydrogen-bond acceptors (Lipinski definition) is 3. The maximum absolute atomic E-state index is 5.32. The van der Waals surface area contributed by atoms with Gasteiger partial charge in [0.15, 0.2) is 0 Å². The van der Waals surface area contributed by atoms with E-state index >= 15 is 0 Å². The van der Waals surface area contributed by atoms with Gasteiger partial charge in [0.05, 0.1) is 0 Å². The summed E-state index contributed by atoms with van der Waals surface area (Å²) in [6.45, 7) is 0. The van der Waals surface area contributed by atoms with Crippen LogP contribution in [0.3, 0.4) is 0 Å². The standard InChI is InChI=1S/C7H17N3/c1-9-6-2-4-7(10-8)5-3-6/h6-7,9-10H,2-5,8H2,1H3. The molecule has 0 spiro atoms. The lowest BCUT2D eigenvalue weighted by Gasteiger charge is -2.27. The summed E-state index contributed by atoms with van der Waals surface area (Å²) in [5, 5.41) is 3.28. The van der Waals surface area contributed by atoms with E-state index in [1.165, 1.54) is 25.7 Å². The molecular formula is C7H17N3. The lowest BCUT2D eigenvalue weighted by molar-refractivity contribution is 0.321. The van der Waals surface area contributed by atoms with Crippen LogP contribution in [0.4, 0.5) is 0 Å². The number of nitrogens with two attached hydrogens (primary N) is 1. The first kappa shape index (κ1) is 7.98. The molecule has 1 saturated carbocycles. The smallest absolute Gasteiger partial charge is 0.0211 e. The van der Waals surface area contributed by atoms with E-state index in [0.29, 0.717) is 6.04 Å². The lowest BCUT2D eigenvalue weighted by atomic mass is 9.92. The Hall–Kier alpha value is -0.120. The Kier molecular flexibility index (Phi) is 3.12. The van der Waals surface area contributed by atoms with Crippen LogP contribution in [-0.2, 0) is 0 Å². The van der Waals surface area contributed by atoms with Gasteiger partial charge in [0.1, 0.15) is 0 Å². The first-order valence-corrected chi connectivity index (χ1v) is 4.00. The van der Waals surface area contributed by atoms with Crippen molar-refractivity contribution in [2.24, 2.45) is 5.84 Å². The molecule has 0 radical (unpaired) electrons. The third-order valence-corrected chi connectivity index (χ3v) is 2.37. The van der Waals surface area contributed by atoms with Gasteiger partial charge in [-0.15, -0.1) is 0 Å². The predicted molar refractivity (Wildman–Crippen MR) is 42.4 cm³/mol. The lowest BCUT2D eigenvalue weighted by Crippen LogP contribution is -2.41. The third-order valence-electron chi connectivity index (χ3n) is 2.37. The molecule has 0 aromatic heterocycles. The maximum Gasteiger partial charge on any atom is 0.0211 e. The van der Waals surface area contributed by atoms with E-state index in [1.807, 2.05) is 7.05 Å². The van der Waals surface area contributed by atoms with Crippen molar-refractivity contribution in [1.29, 1.82) is 0 Å². The predicted octanol–water partition coefficient (Wildman–Crippen LogP) is -0.0197. The molecule has 3 heteroatoms. The second-order valence-corrected chi connectivity index (χ2v) is 3.00. The highest BCUT2D eigenvalue weighted by atomic mass is 15.2. The van der Waals surface area contributed by atoms with Crippen LogP contribution in [0.5, 0.6) is 0 Å². The van der Waals surface area contributed by atoms with Crippen LogP contribution < -0.4 is 16.6 Å². The van der Waals surface area contributed by atoms with Crippen LogP contribution in [0.15, 0.2) is 0 Å². The highest BCUT2D eigenvalue weighted by Crippen LogP contribution is 2.17. The Morgan fingerprint density at radius 3 is 2.00 bits per heavy atom. The topological polar surface area (TPSA) is 50.1 Å². The van der Waals surface area contributed by atoms with Crippen LogP contribution in [0.1, 0.15) is 25.7 Å². The van der Waals surface area contributed by atoms with Crippen molar-refractivity contribution in [1.82, 2.24) is 10.7 Å². The van der Waals surface area contributed by atoms with Crippen molar-refractivity contribution in [2.45, 2.75) is 37.8 Å². The van der Waals surface area contributed by atoms with E-state index in [0.717, 1.165) is 6.04 Å². The molecule has 0 heterocycles. The molecule has 60 valence electrons. The second-order valence-electron chi connectivity index (χ2n) is 3.00. The molecule has 1 fully saturated rings. The number of hydrazine groups is 1. The van der Waals surface area contributed by atoms with Gasteiger partial charge in [-0.1, -0.05) is 0 Å². The van der Waals surface area contributed by atoms with Crippen molar-refractivity contribution in [3.05, 3.63) is 0 Å². The minimum atomic E-state index is 0.560. The molecule has 1 aliphatic carbocycles. The van der Waals surface area contributed by atoms with Crippen LogP contribution in [0.2, 0.25) is 0 Å². The fourth-order valence-electron chi connectivity index (χ4n) is 1.55. The molecule has 10 heavy (non-hydrogen) atoms. The molecular weight excluding hydrogens is 126 g/mol. The quantitative estimate of drug-likeness (QED) is 0.376. The molecule has 0 aromatic carbocycles. The molecule has 0 aliphatic heterocycles. The summed E-state index contributed by atoms with van der Waals surface area (Å²) in [6, 6.07) is 1.29. The summed E-state index contributed by atoms with van der Waals surface area (Å²) in [6.07, 6.45) is 4.93. The molecule has 4 N–H and O–H groups in total. The van der Waals surface area contributed by atoms with Gasteiger partial charge < -0.3 is 5.32 Å². The Balaban J connectivity index is 2.17. The largest absolute Gasteiger partial charge is 0.317 e. The fraction of sp³-hybridized carbons (Fsp3) is 1.00. The van der Waals surface area contributed by atoms with Crippen molar-refractivity contribution in [3.63, 3.8) is 0 Å². The first-order valence-electron chi connectivity index (χ1n) is 4.00. The van der Waals surface area contributed by atoms with Gasteiger partial charge in [0.2, 0.25) is 0 Å². The molecule has 0 unspecified atom stereocenters. The number of hydrogen-bond donors (Lipinski definition) is 3. The van der Waals surface area contributed by atoms with E-state index in [9.17, 15) is 0 Å². The van der Waals surface area contributed by atoms with Gasteiger partial charge in [0, 0.05) is 12.1 Å². The highest BCUT2D eigenvalue weighted by Gasteiger charge is 2.17. The first-order chi connectivity index (χ1) is 4.86. The minimum absolute atomic E-state index is 0.560. The Morgan fingerprint density at radius 2 is 1.60 bits per heavy atom. The van der Waals surface area contributed by atoms with Crippen molar-refractivity contribution >= 4 is 0 Å². The molecule has 1 aliphatic rings. The summed E-state index contributed by atoms with van der Waals surface area (Å²) in [7, 11) is 2.03. The average molecular weight is 143 g/mol. The highest BCUT2D eigenvalue weighted by molar-refractivity contribution is 4.78. The number of nitrogens with one attached hydrogen (secondary N) is 2. The monoisotopic (exact) mass is 143 g/mol. The van der Waals surface area contributed by atoms with Crippen molar-refractivity contribution in [3.8, 4) is 0 Å². The summed E-state index contributed by atoms with van der Waals surface area (Å²) < 4.78 is 0. The van der Waals surface area contributed by atoms with Gasteiger partial charge in [-0.25, -0.2) is 0 Å². The zero-order valence-electron chi connectivity index (χ0n) is 6.56. The molecule has 0 amide bonds. The normalized spacial score (nSPS) is 34.2. The van der Waals surface area contributed by atoms with Crippen molar-refractivity contribution in [2.75, 3.05) is 7.05 Å². The molecule has 0 atom stereocenters. The van der Waals surface area contributed by atoms with Gasteiger partial charge in [-0.3, -0.25) is 11.3 Å². The molecule has 0 bridgehead atoms. The molecule has 1 rings (SSSR count). The maximum atomic E-state index is 5.32. The molecule has 3 nitrogen and oxygen atoms in total. The van der Waals surface area contributed by atoms with E-state index in [-0.39, 0.29) is 0 Å². The summed E-state index contributed by atoms with van der Waals surface area (Å²) in [5.74, 6) is 5.32. The molecule has 0 saturated heterocycles. The van der Waals surface area contributed by atoms with Crippen LogP contribution in [0, 0.1) is 0 Å². The summed E-state index contributed by atoms with van der Waals surface area (Å²) in [4.78, 5) is 0. The third kappa shape index (κ3) is 1.94.